The lowest BCUT2D eigenvalue weighted by Gasteiger charge is -2.26. The third kappa shape index (κ3) is 4.55. The maximum absolute atomic E-state index is 11.9. The van der Waals surface area contributed by atoms with E-state index in [1.54, 1.807) is 4.90 Å². The first kappa shape index (κ1) is 14.3. The van der Waals surface area contributed by atoms with Crippen LogP contribution in [0.3, 0.4) is 0 Å². The van der Waals surface area contributed by atoms with Crippen LogP contribution in [0.15, 0.2) is 35.3 Å². The molecule has 0 radical (unpaired) electrons. The third-order valence-corrected chi connectivity index (χ3v) is 3.02. The Balaban J connectivity index is 1.73. The topological polar surface area (TPSA) is 80.0 Å². The van der Waals surface area contributed by atoms with Crippen molar-refractivity contribution in [3.8, 4) is 0 Å². The molecule has 108 valence electrons. The van der Waals surface area contributed by atoms with Crippen molar-refractivity contribution >= 4 is 17.6 Å². The first-order valence-corrected chi connectivity index (χ1v) is 6.73. The molecule has 1 amide bonds. The summed E-state index contributed by atoms with van der Waals surface area (Å²) in [5, 5.41) is 2.98. The highest BCUT2D eigenvalue weighted by molar-refractivity contribution is 5.92. The van der Waals surface area contributed by atoms with E-state index in [0.29, 0.717) is 45.2 Å². The predicted octanol–water partition coefficient (Wildman–Crippen LogP) is 0.662. The highest BCUT2D eigenvalue weighted by Gasteiger charge is 2.15. The molecule has 0 aromatic heterocycles. The Bertz CT molecular complexity index is 456. The third-order valence-electron chi connectivity index (χ3n) is 3.02. The molecule has 1 fully saturated rings. The molecule has 1 aromatic carbocycles. The molecule has 1 saturated heterocycles. The largest absolute Gasteiger partial charge is 0.378 e. The van der Waals surface area contributed by atoms with Gasteiger partial charge in [0.25, 0.3) is 0 Å². The number of amides is 1. The lowest BCUT2D eigenvalue weighted by Crippen LogP contribution is -2.40. The van der Waals surface area contributed by atoms with Crippen molar-refractivity contribution in [2.24, 2.45) is 10.7 Å². The number of benzene rings is 1. The molecule has 6 heteroatoms. The zero-order chi connectivity index (χ0) is 14.2. The minimum atomic E-state index is 0.101. The number of rotatable bonds is 4. The van der Waals surface area contributed by atoms with Gasteiger partial charge in [0.2, 0.25) is 5.91 Å². The number of hydrogen-bond acceptors (Lipinski definition) is 3. The quantitative estimate of drug-likeness (QED) is 0.625. The molecule has 1 aliphatic rings. The molecule has 0 unspecified atom stereocenters. The Hall–Kier alpha value is -2.08. The highest BCUT2D eigenvalue weighted by atomic mass is 16.5. The molecular weight excluding hydrogens is 256 g/mol. The number of carbonyl (C=O) groups is 1. The van der Waals surface area contributed by atoms with E-state index in [1.165, 1.54) is 0 Å². The SMILES string of the molecule is NC(=NCCC(=O)N1CCOCC1)Nc1ccccc1. The molecule has 1 aliphatic heterocycles. The number of carbonyl (C=O) groups excluding carboxylic acids is 1. The van der Waals surface area contributed by atoms with Gasteiger partial charge in [-0.1, -0.05) is 18.2 Å². The number of nitrogens with one attached hydrogen (secondary N) is 1. The number of ether oxygens (including phenoxy) is 1. The van der Waals surface area contributed by atoms with Crippen LogP contribution in [-0.2, 0) is 9.53 Å². The zero-order valence-electron chi connectivity index (χ0n) is 11.4. The van der Waals surface area contributed by atoms with E-state index in [1.807, 2.05) is 30.3 Å². The second-order valence-corrected chi connectivity index (χ2v) is 4.50. The molecular formula is C14H20N4O2. The van der Waals surface area contributed by atoms with E-state index >= 15 is 0 Å². The van der Waals surface area contributed by atoms with E-state index < -0.39 is 0 Å². The fourth-order valence-corrected chi connectivity index (χ4v) is 1.95. The van der Waals surface area contributed by atoms with Crippen molar-refractivity contribution in [1.82, 2.24) is 4.90 Å². The summed E-state index contributed by atoms with van der Waals surface area (Å²) in [5.74, 6) is 0.426. The van der Waals surface area contributed by atoms with Gasteiger partial charge in [0.05, 0.1) is 19.8 Å². The van der Waals surface area contributed by atoms with Gasteiger partial charge in [-0.05, 0) is 12.1 Å². The summed E-state index contributed by atoms with van der Waals surface area (Å²) in [6.07, 6.45) is 0.372. The van der Waals surface area contributed by atoms with Crippen molar-refractivity contribution < 1.29 is 9.53 Å². The lowest BCUT2D eigenvalue weighted by molar-refractivity contribution is -0.135. The molecule has 0 bridgehead atoms. The van der Waals surface area contributed by atoms with Gasteiger partial charge in [-0.3, -0.25) is 9.79 Å². The molecule has 0 spiro atoms. The molecule has 1 heterocycles. The Morgan fingerprint density at radius 3 is 2.70 bits per heavy atom. The summed E-state index contributed by atoms with van der Waals surface area (Å²) < 4.78 is 5.21. The first-order valence-electron chi connectivity index (χ1n) is 6.73. The van der Waals surface area contributed by atoms with Crippen LogP contribution in [0.25, 0.3) is 0 Å². The number of guanidine groups is 1. The second-order valence-electron chi connectivity index (χ2n) is 4.50. The average molecular weight is 276 g/mol. The van der Waals surface area contributed by atoms with Crippen LogP contribution in [0.1, 0.15) is 6.42 Å². The Kier molecular flexibility index (Phi) is 5.37. The molecule has 2 rings (SSSR count). The van der Waals surface area contributed by atoms with Crippen LogP contribution in [0, 0.1) is 0 Å². The van der Waals surface area contributed by atoms with Crippen molar-refractivity contribution in [3.05, 3.63) is 30.3 Å². The Morgan fingerprint density at radius 2 is 2.00 bits per heavy atom. The lowest BCUT2D eigenvalue weighted by atomic mass is 10.3. The van der Waals surface area contributed by atoms with Gasteiger partial charge in [-0.25, -0.2) is 0 Å². The van der Waals surface area contributed by atoms with Crippen molar-refractivity contribution in [2.75, 3.05) is 38.2 Å². The van der Waals surface area contributed by atoms with Gasteiger partial charge in [-0.15, -0.1) is 0 Å². The molecule has 0 saturated carbocycles. The molecule has 0 atom stereocenters. The maximum Gasteiger partial charge on any atom is 0.224 e. The molecule has 6 nitrogen and oxygen atoms in total. The van der Waals surface area contributed by atoms with Crippen LogP contribution >= 0.6 is 0 Å². The normalized spacial score (nSPS) is 16.0. The van der Waals surface area contributed by atoms with Crippen LogP contribution in [0.4, 0.5) is 5.69 Å². The number of hydrogen-bond donors (Lipinski definition) is 2. The second kappa shape index (κ2) is 7.49. The standard InChI is InChI=1S/C14H20N4O2/c15-14(17-12-4-2-1-3-5-12)16-7-6-13(19)18-8-10-20-11-9-18/h1-5H,6-11H2,(H3,15,16,17). The fourth-order valence-electron chi connectivity index (χ4n) is 1.95. The summed E-state index contributed by atoms with van der Waals surface area (Å²) in [6, 6.07) is 9.57. The van der Waals surface area contributed by atoms with Gasteiger partial charge < -0.3 is 20.7 Å². The van der Waals surface area contributed by atoms with E-state index in [2.05, 4.69) is 10.3 Å². The number of morpholine rings is 1. The first-order chi connectivity index (χ1) is 9.75. The summed E-state index contributed by atoms with van der Waals surface area (Å²) in [4.78, 5) is 17.8. The molecule has 0 aliphatic carbocycles. The average Bonchev–Trinajstić information content (AvgIpc) is 2.49. The Morgan fingerprint density at radius 1 is 1.30 bits per heavy atom. The number of nitrogens with two attached hydrogens (primary N) is 1. The number of para-hydroxylation sites is 1. The number of nitrogens with zero attached hydrogens (tertiary/aromatic N) is 2. The van der Waals surface area contributed by atoms with Gasteiger partial charge in [0.15, 0.2) is 5.96 Å². The van der Waals surface area contributed by atoms with E-state index in [0.717, 1.165) is 5.69 Å². The minimum absolute atomic E-state index is 0.101. The highest BCUT2D eigenvalue weighted by Crippen LogP contribution is 2.04. The van der Waals surface area contributed by atoms with E-state index in [9.17, 15) is 4.79 Å². The minimum Gasteiger partial charge on any atom is -0.378 e. The van der Waals surface area contributed by atoms with Crippen LogP contribution in [0.5, 0.6) is 0 Å². The van der Waals surface area contributed by atoms with Crippen LogP contribution in [-0.4, -0.2) is 49.6 Å². The fraction of sp³-hybridized carbons (Fsp3) is 0.429. The summed E-state index contributed by atoms with van der Waals surface area (Å²) in [5.41, 5.74) is 6.65. The summed E-state index contributed by atoms with van der Waals surface area (Å²) >= 11 is 0. The van der Waals surface area contributed by atoms with Crippen LogP contribution < -0.4 is 11.1 Å². The van der Waals surface area contributed by atoms with Crippen molar-refractivity contribution in [1.29, 1.82) is 0 Å². The molecule has 3 N–H and O–H groups in total. The number of anilines is 1. The summed E-state index contributed by atoms with van der Waals surface area (Å²) in [7, 11) is 0. The smallest absolute Gasteiger partial charge is 0.224 e. The van der Waals surface area contributed by atoms with Gasteiger partial charge in [0, 0.05) is 25.2 Å². The van der Waals surface area contributed by atoms with Gasteiger partial charge >= 0.3 is 0 Å². The van der Waals surface area contributed by atoms with E-state index in [4.69, 9.17) is 10.5 Å². The zero-order valence-corrected chi connectivity index (χ0v) is 11.4. The monoisotopic (exact) mass is 276 g/mol. The van der Waals surface area contributed by atoms with Crippen LogP contribution in [0.2, 0.25) is 0 Å². The van der Waals surface area contributed by atoms with Gasteiger partial charge in [-0.2, -0.15) is 0 Å². The van der Waals surface area contributed by atoms with Crippen molar-refractivity contribution in [3.63, 3.8) is 0 Å². The van der Waals surface area contributed by atoms with Gasteiger partial charge in [0.1, 0.15) is 0 Å². The van der Waals surface area contributed by atoms with Crippen molar-refractivity contribution in [2.45, 2.75) is 6.42 Å². The summed E-state index contributed by atoms with van der Waals surface area (Å²) in [6.45, 7) is 2.96. The molecule has 20 heavy (non-hydrogen) atoms. The Labute approximate surface area is 118 Å². The number of aliphatic imine (C=N–C) groups is 1. The molecule has 1 aromatic rings. The van der Waals surface area contributed by atoms with E-state index in [-0.39, 0.29) is 5.91 Å². The predicted molar refractivity (Wildman–Crippen MR) is 78.6 cm³/mol. The maximum atomic E-state index is 11.9.